The molecule has 0 aromatic carbocycles. The van der Waals surface area contributed by atoms with Gasteiger partial charge in [-0.1, -0.05) is 0 Å². The van der Waals surface area contributed by atoms with Crippen molar-refractivity contribution >= 4 is 17.5 Å². The first-order valence-corrected chi connectivity index (χ1v) is 12.7. The molecule has 5 rings (SSSR count). The van der Waals surface area contributed by atoms with Gasteiger partial charge in [0.25, 0.3) is 11.5 Å². The van der Waals surface area contributed by atoms with Crippen molar-refractivity contribution in [2.75, 3.05) is 36.5 Å². The maximum Gasteiger partial charge on any atom is 0.423 e. The van der Waals surface area contributed by atoms with Gasteiger partial charge in [-0.15, -0.1) is 0 Å². The van der Waals surface area contributed by atoms with E-state index in [0.29, 0.717) is 44.3 Å². The van der Waals surface area contributed by atoms with Crippen LogP contribution in [0, 0.1) is 0 Å². The summed E-state index contributed by atoms with van der Waals surface area (Å²) in [4.78, 5) is 37.1. The summed E-state index contributed by atoms with van der Waals surface area (Å²) in [5.74, 6) is 0.868. The lowest BCUT2D eigenvalue weighted by Gasteiger charge is -2.40. The normalized spacial score (nSPS) is 25.1. The highest BCUT2D eigenvalue weighted by molar-refractivity contribution is 5.83. The topological polar surface area (TPSA) is 137 Å². The third kappa shape index (κ3) is 5.60. The number of nitrogens with zero attached hydrogens (tertiary/aromatic N) is 5. The van der Waals surface area contributed by atoms with Gasteiger partial charge < -0.3 is 25.0 Å². The van der Waals surface area contributed by atoms with Crippen molar-refractivity contribution in [2.45, 2.75) is 69.0 Å². The van der Waals surface area contributed by atoms with E-state index in [1.807, 2.05) is 17.3 Å². The van der Waals surface area contributed by atoms with Gasteiger partial charge in [-0.05, 0) is 37.7 Å². The number of piperidine rings is 1. The fourth-order valence-corrected chi connectivity index (χ4v) is 5.10. The number of ether oxygens (including phenoxy) is 1. The summed E-state index contributed by atoms with van der Waals surface area (Å²) in [6.07, 6.45) is 1.46. The number of hydrogen-bond acceptors (Lipinski definition) is 9. The number of alkyl halides is 3. The van der Waals surface area contributed by atoms with Gasteiger partial charge in [0, 0.05) is 44.5 Å². The molecule has 206 valence electrons. The number of nitrogens with one attached hydrogen (secondary N) is 2. The summed E-state index contributed by atoms with van der Waals surface area (Å²) in [5, 5.41) is 18.7. The molecule has 1 saturated carbocycles. The van der Waals surface area contributed by atoms with Crippen LogP contribution in [0.1, 0.15) is 49.7 Å². The summed E-state index contributed by atoms with van der Waals surface area (Å²) in [6, 6.07) is -1.01. The number of likely N-dealkylation sites (tertiary alicyclic amines) is 1. The van der Waals surface area contributed by atoms with Crippen molar-refractivity contribution in [1.82, 2.24) is 25.1 Å². The molecule has 0 unspecified atom stereocenters. The fraction of sp³-hybridized carbons (Fsp3) is 0.625. The van der Waals surface area contributed by atoms with Crippen LogP contribution in [0.15, 0.2) is 23.4 Å². The maximum absolute atomic E-state index is 13.3. The molecule has 2 aromatic heterocycles. The number of H-pyrrole nitrogens is 1. The van der Waals surface area contributed by atoms with Crippen LogP contribution in [0.4, 0.5) is 24.8 Å². The van der Waals surface area contributed by atoms with E-state index < -0.39 is 41.2 Å². The Kier molecular flexibility index (Phi) is 7.27. The van der Waals surface area contributed by atoms with Crippen molar-refractivity contribution in [2.24, 2.45) is 0 Å². The lowest BCUT2D eigenvalue weighted by atomic mass is 10.0. The summed E-state index contributed by atoms with van der Waals surface area (Å²) >= 11 is 0. The molecule has 2 saturated heterocycles. The molecule has 4 heterocycles. The van der Waals surface area contributed by atoms with Crippen molar-refractivity contribution in [1.29, 1.82) is 0 Å². The summed E-state index contributed by atoms with van der Waals surface area (Å²) in [5.41, 5.74) is -2.04. The van der Waals surface area contributed by atoms with E-state index in [2.05, 4.69) is 20.4 Å². The second kappa shape index (κ2) is 10.5. The molecule has 0 bridgehead atoms. The molecule has 38 heavy (non-hydrogen) atoms. The van der Waals surface area contributed by atoms with Crippen LogP contribution in [-0.4, -0.2) is 86.6 Å². The van der Waals surface area contributed by atoms with Gasteiger partial charge in [-0.2, -0.15) is 18.3 Å². The molecule has 0 radical (unpaired) electrons. The first-order chi connectivity index (χ1) is 18.1. The molecule has 4 atom stereocenters. The zero-order chi connectivity index (χ0) is 27.0. The molecule has 11 nitrogen and oxygen atoms in total. The number of amides is 1. The Balaban J connectivity index is 1.13. The number of aliphatic hydroxyl groups is 1. The third-order valence-corrected chi connectivity index (χ3v) is 7.22. The predicted molar refractivity (Wildman–Crippen MR) is 130 cm³/mol. The van der Waals surface area contributed by atoms with Crippen molar-refractivity contribution in [3.8, 4) is 0 Å². The second-order valence-electron chi connectivity index (χ2n) is 10.1. The van der Waals surface area contributed by atoms with Crippen LogP contribution in [0.5, 0.6) is 0 Å². The number of carbonyl (C=O) groups excluding carboxylic acids is 1. The highest BCUT2D eigenvalue weighted by Crippen LogP contribution is 2.39. The highest BCUT2D eigenvalue weighted by Gasteiger charge is 2.42. The van der Waals surface area contributed by atoms with Crippen molar-refractivity contribution in [3.05, 3.63) is 40.1 Å². The van der Waals surface area contributed by atoms with Crippen LogP contribution >= 0.6 is 0 Å². The molecule has 1 amide bonds. The van der Waals surface area contributed by atoms with Crippen LogP contribution < -0.4 is 15.8 Å². The molecule has 0 spiro atoms. The average molecular weight is 538 g/mol. The standard InChI is InChI=1S/C24H30F3N7O4/c1-13(31-16-10-30-32-21(36)20(16)24(25,26)27)12-38-19-5-7-34(22(19)37)17-4-6-33(11-18(17)35)23-28-8-15(9-29-23)14-2-3-14/h8-10,13-14,17-19,35H,2-7,11-12H2,1H3,(H2,31,32,36)/t13-,17+,18+,19+/m0/s1. The fourth-order valence-electron chi connectivity index (χ4n) is 5.10. The first kappa shape index (κ1) is 26.4. The Morgan fingerprint density at radius 3 is 2.55 bits per heavy atom. The van der Waals surface area contributed by atoms with Gasteiger partial charge in [0.15, 0.2) is 0 Å². The van der Waals surface area contributed by atoms with Crippen LogP contribution in [-0.2, 0) is 15.7 Å². The minimum Gasteiger partial charge on any atom is -0.389 e. The SMILES string of the molecule is C[C@@H](CO[C@@H]1CCN([C@@H]2CCN(c3ncc(C4CC4)cn3)C[C@H]2O)C1=O)Nc1cn[nH]c(=O)c1C(F)(F)F. The minimum absolute atomic E-state index is 0.0659. The third-order valence-electron chi connectivity index (χ3n) is 7.22. The van der Waals surface area contributed by atoms with Gasteiger partial charge in [-0.3, -0.25) is 9.59 Å². The van der Waals surface area contributed by atoms with E-state index >= 15 is 0 Å². The zero-order valence-corrected chi connectivity index (χ0v) is 20.8. The van der Waals surface area contributed by atoms with Gasteiger partial charge in [0.1, 0.15) is 11.7 Å². The average Bonchev–Trinajstić information content (AvgIpc) is 3.65. The molecular formula is C24H30F3N7O4. The number of anilines is 2. The lowest BCUT2D eigenvalue weighted by molar-refractivity contribution is -0.141. The summed E-state index contributed by atoms with van der Waals surface area (Å²) < 4.78 is 45.5. The van der Waals surface area contributed by atoms with Crippen LogP contribution in [0.25, 0.3) is 0 Å². The Labute approximate surface area is 216 Å². The molecule has 14 heteroatoms. The first-order valence-electron chi connectivity index (χ1n) is 12.7. The van der Waals surface area contributed by atoms with Crippen molar-refractivity contribution in [3.63, 3.8) is 0 Å². The number of β-amino-alcohol motifs (C(OH)–C–C–N with tert-alkyl or cyclic N) is 1. The number of hydrogen-bond donors (Lipinski definition) is 3. The Morgan fingerprint density at radius 1 is 1.16 bits per heavy atom. The van der Waals surface area contributed by atoms with E-state index in [1.165, 1.54) is 12.8 Å². The van der Waals surface area contributed by atoms with Gasteiger partial charge in [-0.25, -0.2) is 15.1 Å². The van der Waals surface area contributed by atoms with E-state index in [9.17, 15) is 27.9 Å². The number of aromatic amines is 1. The Hall–Kier alpha value is -3.26. The van der Waals surface area contributed by atoms with E-state index in [-0.39, 0.29) is 18.6 Å². The van der Waals surface area contributed by atoms with Gasteiger partial charge >= 0.3 is 6.18 Å². The number of rotatable bonds is 8. The quantitative estimate of drug-likeness (QED) is 0.458. The molecule has 3 fully saturated rings. The van der Waals surface area contributed by atoms with E-state index in [1.54, 1.807) is 16.9 Å². The van der Waals surface area contributed by atoms with Crippen molar-refractivity contribution < 1.29 is 27.8 Å². The Bertz CT molecular complexity index is 1200. The number of aromatic nitrogens is 4. The van der Waals surface area contributed by atoms with Crippen LogP contribution in [0.3, 0.4) is 0 Å². The zero-order valence-electron chi connectivity index (χ0n) is 20.8. The summed E-state index contributed by atoms with van der Waals surface area (Å²) in [7, 11) is 0. The maximum atomic E-state index is 13.3. The largest absolute Gasteiger partial charge is 0.423 e. The minimum atomic E-state index is -4.86. The number of carbonyl (C=O) groups is 1. The monoisotopic (exact) mass is 537 g/mol. The predicted octanol–water partition coefficient (Wildman–Crippen LogP) is 1.51. The van der Waals surface area contributed by atoms with Gasteiger partial charge in [0.2, 0.25) is 5.95 Å². The second-order valence-corrected chi connectivity index (χ2v) is 10.1. The van der Waals surface area contributed by atoms with Crippen LogP contribution in [0.2, 0.25) is 0 Å². The molecule has 3 N–H and O–H groups in total. The van der Waals surface area contributed by atoms with E-state index in [4.69, 9.17) is 4.74 Å². The highest BCUT2D eigenvalue weighted by atomic mass is 19.4. The number of aliphatic hydroxyl groups excluding tert-OH is 1. The smallest absolute Gasteiger partial charge is 0.389 e. The lowest BCUT2D eigenvalue weighted by Crippen LogP contribution is -2.55. The van der Waals surface area contributed by atoms with Gasteiger partial charge in [0.05, 0.1) is 30.6 Å². The molecule has 2 aliphatic heterocycles. The van der Waals surface area contributed by atoms with E-state index in [0.717, 1.165) is 11.8 Å². The molecule has 2 aromatic rings. The molecular weight excluding hydrogens is 507 g/mol. The Morgan fingerprint density at radius 2 is 1.89 bits per heavy atom. The number of halogens is 3. The molecule has 3 aliphatic rings. The summed E-state index contributed by atoms with van der Waals surface area (Å²) in [6.45, 7) is 2.82. The molecule has 1 aliphatic carbocycles.